The molecule has 0 amide bonds. The molecule has 1 nitrogen and oxygen atoms in total. The first kappa shape index (κ1) is 12.9. The third kappa shape index (κ3) is 2.36. The van der Waals surface area contributed by atoms with Gasteiger partial charge in [-0.25, -0.2) is 0 Å². The second-order valence-electron chi connectivity index (χ2n) is 5.44. The van der Waals surface area contributed by atoms with Crippen LogP contribution in [0.15, 0.2) is 12.1 Å². The Bertz CT molecular complexity index is 406. The van der Waals surface area contributed by atoms with Gasteiger partial charge in [-0.05, 0) is 55.5 Å². The molecule has 0 spiro atoms. The summed E-state index contributed by atoms with van der Waals surface area (Å²) in [6.45, 7) is 5.08. The summed E-state index contributed by atoms with van der Waals surface area (Å²) in [6.07, 6.45) is 6.36. The summed E-state index contributed by atoms with van der Waals surface area (Å²) in [6, 6.07) is 4.19. The fourth-order valence-electron chi connectivity index (χ4n) is 3.18. The third-order valence-electron chi connectivity index (χ3n) is 4.40. The van der Waals surface area contributed by atoms with E-state index in [1.165, 1.54) is 48.8 Å². The van der Waals surface area contributed by atoms with E-state index in [4.69, 9.17) is 17.3 Å². The van der Waals surface area contributed by atoms with Crippen LogP contribution in [0.4, 0.5) is 0 Å². The molecule has 94 valence electrons. The second kappa shape index (κ2) is 4.99. The second-order valence-corrected chi connectivity index (χ2v) is 5.88. The van der Waals surface area contributed by atoms with Crippen LogP contribution >= 0.6 is 11.6 Å². The Morgan fingerprint density at radius 2 is 1.82 bits per heavy atom. The van der Waals surface area contributed by atoms with Crippen molar-refractivity contribution in [1.82, 2.24) is 0 Å². The molecule has 2 N–H and O–H groups in total. The number of aryl methyl sites for hydroxylation is 1. The Hall–Kier alpha value is -0.530. The lowest BCUT2D eigenvalue weighted by molar-refractivity contribution is 0.299. The van der Waals surface area contributed by atoms with E-state index >= 15 is 0 Å². The molecule has 0 aliphatic heterocycles. The molecule has 1 saturated carbocycles. The van der Waals surface area contributed by atoms with Gasteiger partial charge in [-0.3, -0.25) is 0 Å². The molecule has 0 heterocycles. The molecule has 0 radical (unpaired) electrons. The predicted octanol–water partition coefficient (Wildman–Crippen LogP) is 4.12. The molecule has 0 bridgehead atoms. The molecule has 1 aromatic carbocycles. The summed E-state index contributed by atoms with van der Waals surface area (Å²) in [5.41, 5.74) is 10.3. The highest BCUT2D eigenvalue weighted by Crippen LogP contribution is 2.41. The molecule has 0 aromatic heterocycles. The zero-order chi connectivity index (χ0) is 12.5. The van der Waals surface area contributed by atoms with E-state index in [1.807, 2.05) is 6.07 Å². The molecular weight excluding hydrogens is 230 g/mol. The van der Waals surface area contributed by atoms with Gasteiger partial charge in [0.2, 0.25) is 0 Å². The average Bonchev–Trinajstić information content (AvgIpc) is 2.34. The van der Waals surface area contributed by atoms with Gasteiger partial charge < -0.3 is 5.73 Å². The summed E-state index contributed by atoms with van der Waals surface area (Å²) in [5.74, 6) is 0. The maximum Gasteiger partial charge on any atom is 0.0411 e. The largest absolute Gasteiger partial charge is 0.330 e. The van der Waals surface area contributed by atoms with Crippen molar-refractivity contribution in [2.45, 2.75) is 51.4 Å². The minimum absolute atomic E-state index is 0.179. The van der Waals surface area contributed by atoms with Gasteiger partial charge in [0.15, 0.2) is 0 Å². The lowest BCUT2D eigenvalue weighted by atomic mass is 9.68. The summed E-state index contributed by atoms with van der Waals surface area (Å²) >= 11 is 6.22. The first-order valence-corrected chi connectivity index (χ1v) is 6.94. The monoisotopic (exact) mass is 251 g/mol. The summed E-state index contributed by atoms with van der Waals surface area (Å²) in [4.78, 5) is 0. The lowest BCUT2D eigenvalue weighted by Gasteiger charge is -2.38. The summed E-state index contributed by atoms with van der Waals surface area (Å²) in [5, 5.41) is 0.849. The number of hydrogen-bond acceptors (Lipinski definition) is 1. The molecule has 0 saturated heterocycles. The van der Waals surface area contributed by atoms with Crippen LogP contribution in [0.5, 0.6) is 0 Å². The minimum atomic E-state index is 0.179. The number of nitrogens with two attached hydrogens (primary N) is 1. The van der Waals surface area contributed by atoms with Crippen molar-refractivity contribution in [3.63, 3.8) is 0 Å². The molecule has 17 heavy (non-hydrogen) atoms. The molecule has 1 fully saturated rings. The normalized spacial score (nSPS) is 19.3. The Morgan fingerprint density at radius 1 is 1.18 bits per heavy atom. The lowest BCUT2D eigenvalue weighted by Crippen LogP contribution is -2.37. The minimum Gasteiger partial charge on any atom is -0.330 e. The van der Waals surface area contributed by atoms with Crippen molar-refractivity contribution in [3.8, 4) is 0 Å². The molecule has 1 aliphatic rings. The SMILES string of the molecule is Cc1cc(Cl)cc(C2(CN)CCCCC2)c1C. The average molecular weight is 252 g/mol. The fourth-order valence-corrected chi connectivity index (χ4v) is 3.45. The zero-order valence-corrected chi connectivity index (χ0v) is 11.6. The van der Waals surface area contributed by atoms with Crippen LogP contribution < -0.4 is 5.73 Å². The van der Waals surface area contributed by atoms with Crippen LogP contribution in [0.1, 0.15) is 48.8 Å². The van der Waals surface area contributed by atoms with Crippen molar-refractivity contribution < 1.29 is 0 Å². The van der Waals surface area contributed by atoms with Gasteiger partial charge in [-0.1, -0.05) is 30.9 Å². The van der Waals surface area contributed by atoms with E-state index in [0.717, 1.165) is 11.6 Å². The smallest absolute Gasteiger partial charge is 0.0411 e. The highest BCUT2D eigenvalue weighted by molar-refractivity contribution is 6.30. The van der Waals surface area contributed by atoms with Crippen LogP contribution in [-0.2, 0) is 5.41 Å². The first-order valence-electron chi connectivity index (χ1n) is 6.56. The van der Waals surface area contributed by atoms with Gasteiger partial charge in [0, 0.05) is 17.0 Å². The van der Waals surface area contributed by atoms with Crippen LogP contribution in [0.2, 0.25) is 5.02 Å². The van der Waals surface area contributed by atoms with E-state index in [9.17, 15) is 0 Å². The van der Waals surface area contributed by atoms with E-state index in [-0.39, 0.29) is 5.41 Å². The molecule has 2 rings (SSSR count). The highest BCUT2D eigenvalue weighted by Gasteiger charge is 2.34. The maximum atomic E-state index is 6.22. The van der Waals surface area contributed by atoms with Crippen molar-refractivity contribution in [2.24, 2.45) is 5.73 Å². The van der Waals surface area contributed by atoms with E-state index in [1.54, 1.807) is 0 Å². The number of hydrogen-bond donors (Lipinski definition) is 1. The summed E-state index contributed by atoms with van der Waals surface area (Å²) < 4.78 is 0. The van der Waals surface area contributed by atoms with E-state index in [0.29, 0.717) is 0 Å². The quantitative estimate of drug-likeness (QED) is 0.841. The van der Waals surface area contributed by atoms with Gasteiger partial charge in [0.05, 0.1) is 0 Å². The van der Waals surface area contributed by atoms with Gasteiger partial charge in [-0.2, -0.15) is 0 Å². The van der Waals surface area contributed by atoms with Crippen molar-refractivity contribution in [2.75, 3.05) is 6.54 Å². The summed E-state index contributed by atoms with van der Waals surface area (Å²) in [7, 11) is 0. The number of benzene rings is 1. The predicted molar refractivity (Wildman–Crippen MR) is 74.7 cm³/mol. The first-order chi connectivity index (χ1) is 8.09. The van der Waals surface area contributed by atoms with Crippen LogP contribution in [-0.4, -0.2) is 6.54 Å². The van der Waals surface area contributed by atoms with E-state index < -0.39 is 0 Å². The van der Waals surface area contributed by atoms with Crippen LogP contribution in [0.25, 0.3) is 0 Å². The van der Waals surface area contributed by atoms with Crippen molar-refractivity contribution in [3.05, 3.63) is 33.8 Å². The van der Waals surface area contributed by atoms with Gasteiger partial charge in [-0.15, -0.1) is 0 Å². The maximum absolute atomic E-state index is 6.22. The number of rotatable bonds is 2. The Kier molecular flexibility index (Phi) is 3.79. The van der Waals surface area contributed by atoms with Crippen molar-refractivity contribution in [1.29, 1.82) is 0 Å². The van der Waals surface area contributed by atoms with Crippen molar-refractivity contribution >= 4 is 11.6 Å². The van der Waals surface area contributed by atoms with Gasteiger partial charge >= 0.3 is 0 Å². The van der Waals surface area contributed by atoms with Gasteiger partial charge in [0.1, 0.15) is 0 Å². The Balaban J connectivity index is 2.49. The van der Waals surface area contributed by atoms with E-state index in [2.05, 4.69) is 19.9 Å². The van der Waals surface area contributed by atoms with Gasteiger partial charge in [0.25, 0.3) is 0 Å². The zero-order valence-electron chi connectivity index (χ0n) is 10.9. The Morgan fingerprint density at radius 3 is 2.41 bits per heavy atom. The standard InChI is InChI=1S/C15H22ClN/c1-11-8-13(16)9-14(12(11)2)15(10-17)6-4-3-5-7-15/h8-9H,3-7,10,17H2,1-2H3. The van der Waals surface area contributed by atoms with Crippen LogP contribution in [0.3, 0.4) is 0 Å². The van der Waals surface area contributed by atoms with Crippen LogP contribution in [0, 0.1) is 13.8 Å². The highest BCUT2D eigenvalue weighted by atomic mass is 35.5. The fraction of sp³-hybridized carbons (Fsp3) is 0.600. The molecule has 1 aromatic rings. The topological polar surface area (TPSA) is 26.0 Å². The number of halogens is 1. The Labute approximate surface area is 109 Å². The molecule has 0 atom stereocenters. The molecule has 1 aliphatic carbocycles. The molecule has 0 unspecified atom stereocenters. The molecule has 2 heteroatoms. The molecular formula is C15H22ClN. The third-order valence-corrected chi connectivity index (χ3v) is 4.62.